The molecular formula is C7H11NO2. The highest BCUT2D eigenvalue weighted by Crippen LogP contribution is 2.33. The van der Waals surface area contributed by atoms with Crippen LogP contribution in [0.25, 0.3) is 0 Å². The summed E-state index contributed by atoms with van der Waals surface area (Å²) in [5.41, 5.74) is 0. The second-order valence-corrected chi connectivity index (χ2v) is 2.54. The second-order valence-electron chi connectivity index (χ2n) is 2.54. The van der Waals surface area contributed by atoms with Gasteiger partial charge in [0.15, 0.2) is 0 Å². The monoisotopic (exact) mass is 141 g/mol. The van der Waals surface area contributed by atoms with Crippen molar-refractivity contribution in [1.29, 1.82) is 0 Å². The molecule has 56 valence electrons. The van der Waals surface area contributed by atoms with Crippen molar-refractivity contribution in [2.75, 3.05) is 13.7 Å². The van der Waals surface area contributed by atoms with E-state index in [4.69, 9.17) is 4.74 Å². The first kappa shape index (κ1) is 7.45. The Balaban J connectivity index is 2.25. The lowest BCUT2D eigenvalue weighted by atomic mass is 10.2. The fraction of sp³-hybridized carbons (Fsp3) is 0.857. The van der Waals surface area contributed by atoms with E-state index in [9.17, 15) is 4.79 Å². The summed E-state index contributed by atoms with van der Waals surface area (Å²) >= 11 is 0. The minimum Gasteiger partial charge on any atom is -0.379 e. The van der Waals surface area contributed by atoms with Crippen molar-refractivity contribution >= 4 is 6.08 Å². The Morgan fingerprint density at radius 3 is 2.90 bits per heavy atom. The maximum atomic E-state index is 9.72. The van der Waals surface area contributed by atoms with E-state index in [1.54, 1.807) is 7.11 Å². The van der Waals surface area contributed by atoms with Crippen molar-refractivity contribution in [1.82, 2.24) is 0 Å². The predicted molar refractivity (Wildman–Crippen MR) is 36.5 cm³/mol. The predicted octanol–water partition coefficient (Wildman–Crippen LogP) is 0.747. The van der Waals surface area contributed by atoms with Gasteiger partial charge in [0.2, 0.25) is 6.08 Å². The van der Waals surface area contributed by atoms with Crippen LogP contribution in [0.1, 0.15) is 12.8 Å². The van der Waals surface area contributed by atoms with Crippen molar-refractivity contribution < 1.29 is 9.53 Å². The number of methoxy groups -OCH3 is 1. The fourth-order valence-corrected chi connectivity index (χ4v) is 1.01. The Bertz CT molecular complexity index is 148. The van der Waals surface area contributed by atoms with Gasteiger partial charge in [0.1, 0.15) is 0 Å². The molecular weight excluding hydrogens is 130 g/mol. The van der Waals surface area contributed by atoms with Gasteiger partial charge < -0.3 is 4.74 Å². The molecule has 0 radical (unpaired) electrons. The summed E-state index contributed by atoms with van der Waals surface area (Å²) in [5.74, 6) is 0.641. The van der Waals surface area contributed by atoms with Crippen LogP contribution in [-0.2, 0) is 9.53 Å². The highest BCUT2D eigenvalue weighted by Gasteiger charge is 2.30. The van der Waals surface area contributed by atoms with Crippen LogP contribution in [0.5, 0.6) is 0 Å². The van der Waals surface area contributed by atoms with Crippen LogP contribution in [0.2, 0.25) is 0 Å². The third-order valence-electron chi connectivity index (χ3n) is 1.79. The Morgan fingerprint density at radius 2 is 2.50 bits per heavy atom. The molecule has 10 heavy (non-hydrogen) atoms. The number of ether oxygens (including phenoxy) is 1. The second kappa shape index (κ2) is 3.49. The molecule has 0 amide bonds. The molecule has 0 saturated heterocycles. The number of isocyanates is 1. The number of hydrogen-bond acceptors (Lipinski definition) is 3. The summed E-state index contributed by atoms with van der Waals surface area (Å²) in [6.07, 6.45) is 4.09. The van der Waals surface area contributed by atoms with Crippen LogP contribution in [0.15, 0.2) is 4.99 Å². The molecule has 3 heteroatoms. The van der Waals surface area contributed by atoms with Gasteiger partial charge in [-0.1, -0.05) is 0 Å². The van der Waals surface area contributed by atoms with Crippen molar-refractivity contribution in [3.8, 4) is 0 Å². The van der Waals surface area contributed by atoms with E-state index in [-0.39, 0.29) is 6.10 Å². The highest BCUT2D eigenvalue weighted by atomic mass is 16.5. The standard InChI is InChI=1S/C7H11NO2/c1-10-7(4-8-5-9)6-2-3-6/h6-7H,2-4H2,1H3. The van der Waals surface area contributed by atoms with Gasteiger partial charge in [0.25, 0.3) is 0 Å². The molecule has 1 aliphatic rings. The van der Waals surface area contributed by atoms with Crippen LogP contribution >= 0.6 is 0 Å². The first-order valence-corrected chi connectivity index (χ1v) is 3.45. The molecule has 0 aromatic heterocycles. The van der Waals surface area contributed by atoms with Crippen molar-refractivity contribution in [3.63, 3.8) is 0 Å². The number of hydrogen-bond donors (Lipinski definition) is 0. The van der Waals surface area contributed by atoms with Crippen LogP contribution in [0.4, 0.5) is 0 Å². The minimum atomic E-state index is 0.154. The summed E-state index contributed by atoms with van der Waals surface area (Å²) in [7, 11) is 1.66. The van der Waals surface area contributed by atoms with Crippen molar-refractivity contribution in [3.05, 3.63) is 0 Å². The maximum absolute atomic E-state index is 9.72. The van der Waals surface area contributed by atoms with E-state index in [0.717, 1.165) is 0 Å². The molecule has 0 bridgehead atoms. The average molecular weight is 141 g/mol. The molecule has 1 unspecified atom stereocenters. The highest BCUT2D eigenvalue weighted by molar-refractivity contribution is 5.32. The SMILES string of the molecule is COC(CN=C=O)C1CC1. The summed E-state index contributed by atoms with van der Waals surface area (Å²) < 4.78 is 5.10. The fourth-order valence-electron chi connectivity index (χ4n) is 1.01. The Morgan fingerprint density at radius 1 is 1.80 bits per heavy atom. The van der Waals surface area contributed by atoms with Gasteiger partial charge in [0.05, 0.1) is 12.6 Å². The lowest BCUT2D eigenvalue weighted by molar-refractivity contribution is 0.0919. The molecule has 1 aliphatic carbocycles. The Labute approximate surface area is 60.1 Å². The summed E-state index contributed by atoms with van der Waals surface area (Å²) in [5, 5.41) is 0. The van der Waals surface area contributed by atoms with Gasteiger partial charge in [-0.15, -0.1) is 0 Å². The molecule has 0 heterocycles. The maximum Gasteiger partial charge on any atom is 0.235 e. The van der Waals surface area contributed by atoms with Crippen LogP contribution < -0.4 is 0 Å². The quantitative estimate of drug-likeness (QED) is 0.428. The molecule has 0 spiro atoms. The molecule has 0 N–H and O–H groups in total. The average Bonchev–Trinajstić information content (AvgIpc) is 2.73. The number of rotatable bonds is 4. The van der Waals surface area contributed by atoms with E-state index in [2.05, 4.69) is 4.99 Å². The minimum absolute atomic E-state index is 0.154. The topological polar surface area (TPSA) is 38.7 Å². The number of aliphatic imine (C=N–C) groups is 1. The first-order valence-electron chi connectivity index (χ1n) is 3.45. The smallest absolute Gasteiger partial charge is 0.235 e. The van der Waals surface area contributed by atoms with Gasteiger partial charge in [-0.05, 0) is 18.8 Å². The zero-order valence-electron chi connectivity index (χ0n) is 6.04. The molecule has 0 aliphatic heterocycles. The Kier molecular flexibility index (Phi) is 2.60. The van der Waals surface area contributed by atoms with Gasteiger partial charge in [-0.3, -0.25) is 0 Å². The summed E-state index contributed by atoms with van der Waals surface area (Å²) in [6, 6.07) is 0. The van der Waals surface area contributed by atoms with Crippen LogP contribution in [-0.4, -0.2) is 25.8 Å². The van der Waals surface area contributed by atoms with Crippen molar-refractivity contribution in [2.24, 2.45) is 10.9 Å². The molecule has 1 saturated carbocycles. The van der Waals surface area contributed by atoms with E-state index in [1.165, 1.54) is 18.9 Å². The number of nitrogens with zero attached hydrogens (tertiary/aromatic N) is 1. The Hall–Kier alpha value is -0.660. The summed E-state index contributed by atoms with van der Waals surface area (Å²) in [6.45, 7) is 0.477. The third-order valence-corrected chi connectivity index (χ3v) is 1.79. The zero-order valence-corrected chi connectivity index (χ0v) is 6.04. The van der Waals surface area contributed by atoms with Gasteiger partial charge in [0, 0.05) is 7.11 Å². The van der Waals surface area contributed by atoms with Crippen LogP contribution in [0.3, 0.4) is 0 Å². The first-order chi connectivity index (χ1) is 4.88. The van der Waals surface area contributed by atoms with Gasteiger partial charge in [-0.25, -0.2) is 9.79 Å². The van der Waals surface area contributed by atoms with Gasteiger partial charge >= 0.3 is 0 Å². The normalized spacial score (nSPS) is 19.7. The molecule has 0 aromatic carbocycles. The van der Waals surface area contributed by atoms with E-state index < -0.39 is 0 Å². The van der Waals surface area contributed by atoms with E-state index in [0.29, 0.717) is 12.5 Å². The van der Waals surface area contributed by atoms with Crippen molar-refractivity contribution in [2.45, 2.75) is 18.9 Å². The van der Waals surface area contributed by atoms with E-state index >= 15 is 0 Å². The molecule has 1 atom stereocenters. The molecule has 3 nitrogen and oxygen atoms in total. The van der Waals surface area contributed by atoms with E-state index in [1.807, 2.05) is 0 Å². The molecule has 1 rings (SSSR count). The van der Waals surface area contributed by atoms with Gasteiger partial charge in [-0.2, -0.15) is 0 Å². The molecule has 0 aromatic rings. The zero-order chi connectivity index (χ0) is 7.40. The van der Waals surface area contributed by atoms with Crippen LogP contribution in [0, 0.1) is 5.92 Å². The largest absolute Gasteiger partial charge is 0.379 e. The number of carbonyl (C=O) groups excluding carboxylic acids is 1. The lowest BCUT2D eigenvalue weighted by Crippen LogP contribution is -2.16. The molecule has 1 fully saturated rings. The summed E-state index contributed by atoms with van der Waals surface area (Å²) in [4.78, 5) is 13.2. The lowest BCUT2D eigenvalue weighted by Gasteiger charge is -2.08. The third kappa shape index (κ3) is 1.94.